The van der Waals surface area contributed by atoms with E-state index in [4.69, 9.17) is 4.74 Å². The molecule has 0 aromatic heterocycles. The first-order valence-electron chi connectivity index (χ1n) is 7.41. The van der Waals surface area contributed by atoms with E-state index in [0.717, 1.165) is 35.2 Å². The van der Waals surface area contributed by atoms with Gasteiger partial charge in [-0.1, -0.05) is 15.9 Å². The van der Waals surface area contributed by atoms with Crippen LogP contribution in [0.25, 0.3) is 0 Å². The minimum absolute atomic E-state index is 0.235. The summed E-state index contributed by atoms with van der Waals surface area (Å²) in [5.74, 6) is 1.01. The highest BCUT2D eigenvalue weighted by atomic mass is 79.9. The maximum absolute atomic E-state index is 12.5. The predicted molar refractivity (Wildman–Crippen MR) is 80.3 cm³/mol. The number of ether oxygens (including phenoxy) is 1. The minimum Gasteiger partial charge on any atom is -0.486 e. The van der Waals surface area contributed by atoms with Gasteiger partial charge in [0.25, 0.3) is 0 Å². The van der Waals surface area contributed by atoms with Gasteiger partial charge in [-0.25, -0.2) is 0 Å². The van der Waals surface area contributed by atoms with E-state index in [9.17, 15) is 4.79 Å². The van der Waals surface area contributed by atoms with Crippen molar-refractivity contribution in [1.82, 2.24) is 4.90 Å². The summed E-state index contributed by atoms with van der Waals surface area (Å²) in [6.07, 6.45) is 5.07. The van der Waals surface area contributed by atoms with Gasteiger partial charge < -0.3 is 9.64 Å². The Kier molecular flexibility index (Phi) is 2.93. The number of piperidine rings is 1. The second kappa shape index (κ2) is 4.57. The summed E-state index contributed by atoms with van der Waals surface area (Å²) in [5.41, 5.74) is 0.488. The molecule has 4 rings (SSSR count). The summed E-state index contributed by atoms with van der Waals surface area (Å²) in [6.45, 7) is 2.29. The van der Waals surface area contributed by atoms with E-state index in [1.165, 1.54) is 19.4 Å². The van der Waals surface area contributed by atoms with Crippen molar-refractivity contribution in [2.75, 3.05) is 13.1 Å². The van der Waals surface area contributed by atoms with E-state index >= 15 is 0 Å². The second-order valence-corrected chi connectivity index (χ2v) is 7.23. The molecule has 0 N–H and O–H groups in total. The molecule has 1 aromatic rings. The Morgan fingerprint density at radius 1 is 1.35 bits per heavy atom. The molecule has 3 aliphatic rings. The van der Waals surface area contributed by atoms with E-state index < -0.39 is 0 Å². The molecule has 1 aromatic carbocycles. The summed E-state index contributed by atoms with van der Waals surface area (Å²) >= 11 is 3.43. The average Bonchev–Trinajstić information content (AvgIpc) is 2.87. The van der Waals surface area contributed by atoms with Crippen LogP contribution in [-0.2, 0) is 0 Å². The maximum atomic E-state index is 12.5. The van der Waals surface area contributed by atoms with E-state index in [0.29, 0.717) is 12.5 Å². The van der Waals surface area contributed by atoms with Gasteiger partial charge >= 0.3 is 0 Å². The van der Waals surface area contributed by atoms with Gasteiger partial charge in [0.2, 0.25) is 0 Å². The van der Waals surface area contributed by atoms with Crippen molar-refractivity contribution in [2.45, 2.75) is 43.7 Å². The van der Waals surface area contributed by atoms with Crippen LogP contribution >= 0.6 is 15.9 Å². The maximum Gasteiger partial charge on any atom is 0.170 e. The van der Waals surface area contributed by atoms with Gasteiger partial charge in [0.05, 0.1) is 12.0 Å². The molecule has 4 heteroatoms. The van der Waals surface area contributed by atoms with E-state index in [-0.39, 0.29) is 11.4 Å². The molecular weight excluding hydrogens is 318 g/mol. The SMILES string of the molecule is O=C1CC2(CCN3CCCC3C2)Oc2ccc(Br)cc21. The molecule has 0 radical (unpaired) electrons. The lowest BCUT2D eigenvalue weighted by Gasteiger charge is -2.46. The van der Waals surface area contributed by atoms with Gasteiger partial charge in [-0.15, -0.1) is 0 Å². The summed E-state index contributed by atoms with van der Waals surface area (Å²) in [7, 11) is 0. The summed E-state index contributed by atoms with van der Waals surface area (Å²) in [4.78, 5) is 15.1. The van der Waals surface area contributed by atoms with Gasteiger partial charge in [-0.2, -0.15) is 0 Å². The van der Waals surface area contributed by atoms with Crippen molar-refractivity contribution < 1.29 is 9.53 Å². The van der Waals surface area contributed by atoms with Crippen molar-refractivity contribution >= 4 is 21.7 Å². The Balaban J connectivity index is 1.65. The fourth-order valence-electron chi connectivity index (χ4n) is 4.02. The summed E-state index contributed by atoms with van der Waals surface area (Å²) in [5, 5.41) is 0. The third kappa shape index (κ3) is 2.01. The highest BCUT2D eigenvalue weighted by molar-refractivity contribution is 9.10. The smallest absolute Gasteiger partial charge is 0.170 e. The van der Waals surface area contributed by atoms with Crippen LogP contribution < -0.4 is 4.74 Å². The van der Waals surface area contributed by atoms with E-state index in [1.54, 1.807) is 0 Å². The van der Waals surface area contributed by atoms with E-state index in [2.05, 4.69) is 20.8 Å². The molecule has 2 saturated heterocycles. The van der Waals surface area contributed by atoms with Crippen LogP contribution in [0.5, 0.6) is 5.75 Å². The van der Waals surface area contributed by atoms with Crippen LogP contribution in [0.15, 0.2) is 22.7 Å². The number of carbonyl (C=O) groups excluding carboxylic acids is 1. The van der Waals surface area contributed by atoms with Crippen LogP contribution in [0.4, 0.5) is 0 Å². The Bertz CT molecular complexity index is 574. The van der Waals surface area contributed by atoms with Crippen LogP contribution in [-0.4, -0.2) is 35.4 Å². The Morgan fingerprint density at radius 2 is 2.25 bits per heavy atom. The third-order valence-corrected chi connectivity index (χ3v) is 5.51. The zero-order valence-electron chi connectivity index (χ0n) is 11.4. The second-order valence-electron chi connectivity index (χ2n) is 6.31. The number of ketones is 1. The Labute approximate surface area is 127 Å². The third-order valence-electron chi connectivity index (χ3n) is 5.01. The van der Waals surface area contributed by atoms with Gasteiger partial charge in [0.1, 0.15) is 11.4 Å². The van der Waals surface area contributed by atoms with Gasteiger partial charge in [-0.3, -0.25) is 4.79 Å². The molecule has 2 fully saturated rings. The average molecular weight is 336 g/mol. The first kappa shape index (κ1) is 12.8. The quantitative estimate of drug-likeness (QED) is 0.727. The molecule has 2 atom stereocenters. The first-order chi connectivity index (χ1) is 9.65. The van der Waals surface area contributed by atoms with Crippen LogP contribution in [0.3, 0.4) is 0 Å². The minimum atomic E-state index is -0.247. The fourth-order valence-corrected chi connectivity index (χ4v) is 4.38. The van der Waals surface area contributed by atoms with Crippen LogP contribution in [0.2, 0.25) is 0 Å². The highest BCUT2D eigenvalue weighted by Gasteiger charge is 2.47. The molecular formula is C16H18BrNO2. The number of nitrogens with zero attached hydrogens (tertiary/aromatic N) is 1. The molecule has 0 saturated carbocycles. The molecule has 3 nitrogen and oxygen atoms in total. The number of fused-ring (bicyclic) bond motifs is 2. The molecule has 0 aliphatic carbocycles. The lowest BCUT2D eigenvalue weighted by Crippen LogP contribution is -2.53. The van der Waals surface area contributed by atoms with Gasteiger partial charge in [-0.05, 0) is 37.6 Å². The molecule has 2 unspecified atom stereocenters. The largest absolute Gasteiger partial charge is 0.486 e. The molecule has 1 spiro atoms. The number of hydrogen-bond acceptors (Lipinski definition) is 3. The molecule has 3 aliphatic heterocycles. The lowest BCUT2D eigenvalue weighted by atomic mass is 9.79. The number of hydrogen-bond donors (Lipinski definition) is 0. The fraction of sp³-hybridized carbons (Fsp3) is 0.562. The van der Waals surface area contributed by atoms with Crippen LogP contribution in [0, 0.1) is 0 Å². The number of halogens is 1. The zero-order valence-corrected chi connectivity index (χ0v) is 13.0. The molecule has 0 amide bonds. The zero-order chi connectivity index (χ0) is 13.7. The Morgan fingerprint density at radius 3 is 3.15 bits per heavy atom. The lowest BCUT2D eigenvalue weighted by molar-refractivity contribution is -0.0228. The van der Waals surface area contributed by atoms with E-state index in [1.807, 2.05) is 18.2 Å². The van der Waals surface area contributed by atoms with Gasteiger partial charge in [0, 0.05) is 29.9 Å². The van der Waals surface area contributed by atoms with Gasteiger partial charge in [0.15, 0.2) is 5.78 Å². The number of Topliss-reactive ketones (excluding diaryl/α,β-unsaturated/α-hetero) is 1. The number of carbonyl (C=O) groups is 1. The van der Waals surface area contributed by atoms with Crippen molar-refractivity contribution in [3.63, 3.8) is 0 Å². The van der Waals surface area contributed by atoms with Crippen molar-refractivity contribution in [1.29, 1.82) is 0 Å². The van der Waals surface area contributed by atoms with Crippen molar-refractivity contribution in [3.8, 4) is 5.75 Å². The van der Waals surface area contributed by atoms with Crippen LogP contribution in [0.1, 0.15) is 42.5 Å². The van der Waals surface area contributed by atoms with Crippen molar-refractivity contribution in [3.05, 3.63) is 28.2 Å². The monoisotopic (exact) mass is 335 g/mol. The number of rotatable bonds is 0. The molecule has 3 heterocycles. The Hall–Kier alpha value is -0.870. The standard InChI is InChI=1S/C16H18BrNO2/c17-11-3-4-15-13(8-11)14(19)10-16(20-15)5-7-18-6-1-2-12(18)9-16/h3-4,8,12H,1-2,5-7,9-10H2. The first-order valence-corrected chi connectivity index (χ1v) is 8.20. The summed E-state index contributed by atoms with van der Waals surface area (Å²) in [6, 6.07) is 6.39. The molecule has 0 bridgehead atoms. The highest BCUT2D eigenvalue weighted by Crippen LogP contribution is 2.43. The number of benzene rings is 1. The topological polar surface area (TPSA) is 29.5 Å². The van der Waals surface area contributed by atoms with Crippen molar-refractivity contribution in [2.24, 2.45) is 0 Å². The predicted octanol–water partition coefficient (Wildman–Crippen LogP) is 3.41. The molecule has 106 valence electrons. The summed E-state index contributed by atoms with van der Waals surface area (Å²) < 4.78 is 7.27. The molecule has 20 heavy (non-hydrogen) atoms. The normalized spacial score (nSPS) is 32.9.